The van der Waals surface area contributed by atoms with E-state index in [0.717, 1.165) is 16.8 Å². The smallest absolute Gasteiger partial charge is 0.354 e. The third-order valence-corrected chi connectivity index (χ3v) is 4.59. The van der Waals surface area contributed by atoms with Crippen molar-refractivity contribution in [3.63, 3.8) is 0 Å². The highest BCUT2D eigenvalue weighted by atomic mass is 16.5. The quantitative estimate of drug-likeness (QED) is 0.827. The summed E-state index contributed by atoms with van der Waals surface area (Å²) < 4.78 is 4.79. The molecule has 2 atom stereocenters. The van der Waals surface area contributed by atoms with Crippen LogP contribution in [0.25, 0.3) is 0 Å². The lowest BCUT2D eigenvalue weighted by Gasteiger charge is -2.25. The number of aryl methyl sites for hydroxylation is 1. The van der Waals surface area contributed by atoms with Crippen molar-refractivity contribution in [2.24, 2.45) is 5.10 Å². The molecule has 2 aromatic rings. The van der Waals surface area contributed by atoms with Crippen LogP contribution < -0.4 is 10.3 Å². The van der Waals surface area contributed by atoms with Gasteiger partial charge >= 0.3 is 5.97 Å². The molecule has 0 unspecified atom stereocenters. The molecular weight excluding hydrogens is 342 g/mol. The zero-order valence-corrected chi connectivity index (χ0v) is 15.7. The molecule has 6 nitrogen and oxygen atoms in total. The number of esters is 1. The zero-order valence-electron chi connectivity index (χ0n) is 15.7. The van der Waals surface area contributed by atoms with Gasteiger partial charge in [-0.1, -0.05) is 48.0 Å². The van der Waals surface area contributed by atoms with Crippen molar-refractivity contribution in [3.05, 3.63) is 65.7 Å². The molecule has 3 rings (SSSR count). The van der Waals surface area contributed by atoms with Gasteiger partial charge in [0.1, 0.15) is 11.8 Å². The molecule has 0 spiro atoms. The van der Waals surface area contributed by atoms with Gasteiger partial charge in [0.25, 0.3) is 0 Å². The van der Waals surface area contributed by atoms with Gasteiger partial charge in [-0.2, -0.15) is 5.10 Å². The Kier molecular flexibility index (Phi) is 5.54. The first kappa shape index (κ1) is 18.6. The molecule has 0 aromatic heterocycles. The monoisotopic (exact) mass is 365 g/mol. The first-order chi connectivity index (χ1) is 13.0. The summed E-state index contributed by atoms with van der Waals surface area (Å²) >= 11 is 0. The second kappa shape index (κ2) is 8.03. The summed E-state index contributed by atoms with van der Waals surface area (Å²) in [5, 5.41) is 8.97. The number of rotatable bonds is 5. The van der Waals surface area contributed by atoms with Crippen LogP contribution >= 0.6 is 0 Å². The van der Waals surface area contributed by atoms with Crippen LogP contribution in [-0.2, 0) is 14.3 Å². The summed E-state index contributed by atoms with van der Waals surface area (Å²) in [6, 6.07) is 16.7. The lowest BCUT2D eigenvalue weighted by atomic mass is 10.1. The standard InChI is InChI=1S/C21H23N3O3/c1-14-9-11-17(12-10-14)24-19(13-18(23-24)21(26)27-3)20(25)22-15(2)16-7-5-4-6-8-16/h4-12,15,19H,13H2,1-3H3,(H,22,25)/t15-,19-/m0/s1. The fourth-order valence-corrected chi connectivity index (χ4v) is 3.03. The predicted octanol–water partition coefficient (Wildman–Crippen LogP) is 2.98. The topological polar surface area (TPSA) is 71.0 Å². The highest BCUT2D eigenvalue weighted by Crippen LogP contribution is 2.26. The van der Waals surface area contributed by atoms with Crippen LogP contribution in [0.3, 0.4) is 0 Å². The van der Waals surface area contributed by atoms with E-state index in [1.54, 1.807) is 5.01 Å². The number of amides is 1. The molecule has 0 fully saturated rings. The van der Waals surface area contributed by atoms with Gasteiger partial charge < -0.3 is 10.1 Å². The van der Waals surface area contributed by atoms with Gasteiger partial charge in [0.2, 0.25) is 5.91 Å². The maximum absolute atomic E-state index is 13.0. The number of hydrazone groups is 1. The van der Waals surface area contributed by atoms with Crippen molar-refractivity contribution in [3.8, 4) is 0 Å². The van der Waals surface area contributed by atoms with Gasteiger partial charge in [-0.3, -0.25) is 9.80 Å². The number of benzene rings is 2. The van der Waals surface area contributed by atoms with Crippen LogP contribution in [0, 0.1) is 6.92 Å². The summed E-state index contributed by atoms with van der Waals surface area (Å²) in [5.74, 6) is -0.701. The fraction of sp³-hybridized carbons (Fsp3) is 0.286. The summed E-state index contributed by atoms with van der Waals surface area (Å²) in [7, 11) is 1.31. The Balaban J connectivity index is 1.82. The van der Waals surface area contributed by atoms with E-state index in [1.165, 1.54) is 7.11 Å². The average molecular weight is 365 g/mol. The molecule has 0 radical (unpaired) electrons. The number of nitrogens with zero attached hydrogens (tertiary/aromatic N) is 2. The maximum atomic E-state index is 13.0. The Morgan fingerprint density at radius 2 is 1.81 bits per heavy atom. The van der Waals surface area contributed by atoms with Gasteiger partial charge in [-0.15, -0.1) is 0 Å². The molecule has 1 heterocycles. The van der Waals surface area contributed by atoms with Gasteiger partial charge in [-0.25, -0.2) is 4.79 Å². The number of carbonyl (C=O) groups is 2. The van der Waals surface area contributed by atoms with E-state index in [1.807, 2.05) is 68.4 Å². The highest BCUT2D eigenvalue weighted by molar-refractivity contribution is 6.38. The van der Waals surface area contributed by atoms with Gasteiger partial charge in [0.05, 0.1) is 18.8 Å². The van der Waals surface area contributed by atoms with Crippen LogP contribution in [0.1, 0.15) is 30.5 Å². The van der Waals surface area contributed by atoms with Crippen molar-refractivity contribution in [1.29, 1.82) is 0 Å². The van der Waals surface area contributed by atoms with Crippen molar-refractivity contribution in [1.82, 2.24) is 5.32 Å². The minimum absolute atomic E-state index is 0.152. The van der Waals surface area contributed by atoms with Crippen molar-refractivity contribution < 1.29 is 14.3 Å². The molecule has 6 heteroatoms. The van der Waals surface area contributed by atoms with E-state index in [4.69, 9.17) is 4.74 Å². The number of carbonyl (C=O) groups excluding carboxylic acids is 2. The molecule has 0 bridgehead atoms. The largest absolute Gasteiger partial charge is 0.464 e. The van der Waals surface area contributed by atoms with Gasteiger partial charge in [0, 0.05) is 6.42 Å². The third-order valence-electron chi connectivity index (χ3n) is 4.59. The molecule has 1 aliphatic heterocycles. The molecule has 1 aliphatic rings. The normalized spacial score (nSPS) is 17.2. The summed E-state index contributed by atoms with van der Waals surface area (Å²) in [6.07, 6.45) is 0.202. The average Bonchev–Trinajstić information content (AvgIpc) is 3.14. The third kappa shape index (κ3) is 4.16. The summed E-state index contributed by atoms with van der Waals surface area (Å²) in [6.45, 7) is 3.92. The SMILES string of the molecule is COC(=O)C1=NN(c2ccc(C)cc2)[C@H](C(=O)N[C@@H](C)c2ccccc2)C1. The van der Waals surface area contributed by atoms with Crippen LogP contribution in [0.2, 0.25) is 0 Å². The van der Waals surface area contributed by atoms with E-state index >= 15 is 0 Å². The minimum atomic E-state index is -0.604. The van der Waals surface area contributed by atoms with Crippen LogP contribution in [0.5, 0.6) is 0 Å². The summed E-state index contributed by atoms with van der Waals surface area (Å²) in [5.41, 5.74) is 3.12. The van der Waals surface area contributed by atoms with Crippen LogP contribution in [-0.4, -0.2) is 30.7 Å². The van der Waals surface area contributed by atoms with Crippen molar-refractivity contribution in [2.45, 2.75) is 32.4 Å². The molecule has 140 valence electrons. The molecule has 27 heavy (non-hydrogen) atoms. The first-order valence-electron chi connectivity index (χ1n) is 8.86. The molecule has 1 amide bonds. The zero-order chi connectivity index (χ0) is 19.4. The summed E-state index contributed by atoms with van der Waals surface area (Å²) in [4.78, 5) is 24.9. The molecule has 1 N–H and O–H groups in total. The minimum Gasteiger partial charge on any atom is -0.464 e. The molecule has 2 aromatic carbocycles. The second-order valence-electron chi connectivity index (χ2n) is 6.58. The Labute approximate surface area is 158 Å². The molecule has 0 saturated heterocycles. The number of nitrogens with one attached hydrogen (secondary N) is 1. The van der Waals surface area contributed by atoms with Gasteiger partial charge in [-0.05, 0) is 31.5 Å². The number of anilines is 1. The number of hydrogen-bond donors (Lipinski definition) is 1. The number of hydrogen-bond acceptors (Lipinski definition) is 5. The Morgan fingerprint density at radius 3 is 2.44 bits per heavy atom. The predicted molar refractivity (Wildman–Crippen MR) is 105 cm³/mol. The first-order valence-corrected chi connectivity index (χ1v) is 8.86. The highest BCUT2D eigenvalue weighted by Gasteiger charge is 2.37. The van der Waals surface area contributed by atoms with E-state index in [2.05, 4.69) is 10.4 Å². The van der Waals surface area contributed by atoms with Crippen LogP contribution in [0.4, 0.5) is 5.69 Å². The van der Waals surface area contributed by atoms with Gasteiger partial charge in [0.15, 0.2) is 0 Å². The fourth-order valence-electron chi connectivity index (χ4n) is 3.03. The van der Waals surface area contributed by atoms with E-state index < -0.39 is 12.0 Å². The Bertz CT molecular complexity index is 847. The molecular formula is C21H23N3O3. The van der Waals surface area contributed by atoms with E-state index in [9.17, 15) is 9.59 Å². The van der Waals surface area contributed by atoms with E-state index in [-0.39, 0.29) is 24.1 Å². The second-order valence-corrected chi connectivity index (χ2v) is 6.58. The number of ether oxygens (including phenoxy) is 1. The Hall–Kier alpha value is -3.15. The van der Waals surface area contributed by atoms with Crippen molar-refractivity contribution in [2.75, 3.05) is 12.1 Å². The Morgan fingerprint density at radius 1 is 1.15 bits per heavy atom. The lowest BCUT2D eigenvalue weighted by molar-refractivity contribution is -0.132. The molecule has 0 saturated carbocycles. The number of methoxy groups -OCH3 is 1. The molecule has 0 aliphatic carbocycles. The van der Waals surface area contributed by atoms with E-state index in [0.29, 0.717) is 0 Å². The van der Waals surface area contributed by atoms with Crippen molar-refractivity contribution >= 4 is 23.3 Å². The maximum Gasteiger partial charge on any atom is 0.354 e. The van der Waals surface area contributed by atoms with Crippen LogP contribution in [0.15, 0.2) is 59.7 Å². The lowest BCUT2D eigenvalue weighted by Crippen LogP contribution is -2.43.